The van der Waals surface area contributed by atoms with E-state index >= 15 is 0 Å². The minimum Gasteiger partial charge on any atom is -0.449 e. The molecule has 0 aromatic carbocycles. The summed E-state index contributed by atoms with van der Waals surface area (Å²) in [6, 6.07) is 0.485. The number of nitrogens with zero attached hydrogens (tertiary/aromatic N) is 1. The van der Waals surface area contributed by atoms with Gasteiger partial charge in [-0.05, 0) is 26.3 Å². The first-order chi connectivity index (χ1) is 7.25. The second kappa shape index (κ2) is 4.77. The molecule has 15 heavy (non-hydrogen) atoms. The van der Waals surface area contributed by atoms with Crippen LogP contribution in [0, 0.1) is 0 Å². The summed E-state index contributed by atoms with van der Waals surface area (Å²) < 4.78 is 5.32. The third kappa shape index (κ3) is 2.79. The van der Waals surface area contributed by atoms with Gasteiger partial charge in [-0.1, -0.05) is 6.42 Å². The molecule has 84 valence electrons. The Morgan fingerprint density at radius 2 is 2.53 bits per heavy atom. The molecule has 2 N–H and O–H groups in total. The van der Waals surface area contributed by atoms with Gasteiger partial charge < -0.3 is 14.8 Å². The van der Waals surface area contributed by atoms with E-state index in [4.69, 9.17) is 4.42 Å². The highest BCUT2D eigenvalue weighted by atomic mass is 16.3. The number of aliphatic hydroxyl groups is 1. The first kappa shape index (κ1) is 10.6. The van der Waals surface area contributed by atoms with Gasteiger partial charge in [0.1, 0.15) is 12.0 Å². The van der Waals surface area contributed by atoms with E-state index in [1.807, 2.05) is 0 Å². The molecule has 0 radical (unpaired) electrons. The number of hydrogen-bond acceptors (Lipinski definition) is 4. The molecule has 2 unspecified atom stereocenters. The maximum absolute atomic E-state index is 9.30. The van der Waals surface area contributed by atoms with Gasteiger partial charge in [0.05, 0.1) is 6.10 Å². The van der Waals surface area contributed by atoms with Crippen molar-refractivity contribution in [2.75, 3.05) is 6.54 Å². The van der Waals surface area contributed by atoms with E-state index in [-0.39, 0.29) is 0 Å². The van der Waals surface area contributed by atoms with Gasteiger partial charge in [-0.2, -0.15) is 0 Å². The van der Waals surface area contributed by atoms with E-state index in [9.17, 15) is 5.11 Å². The van der Waals surface area contributed by atoms with Crippen LogP contribution in [0.15, 0.2) is 10.7 Å². The van der Waals surface area contributed by atoms with E-state index in [0.29, 0.717) is 11.7 Å². The fraction of sp³-hybridized carbons (Fsp3) is 0.727. The van der Waals surface area contributed by atoms with E-state index in [0.717, 1.165) is 18.9 Å². The molecule has 0 saturated carbocycles. The molecular formula is C11H18N2O2. The zero-order valence-corrected chi connectivity index (χ0v) is 9.07. The molecule has 2 heterocycles. The third-order valence-corrected chi connectivity index (χ3v) is 2.83. The van der Waals surface area contributed by atoms with Crippen molar-refractivity contribution in [3.63, 3.8) is 0 Å². The van der Waals surface area contributed by atoms with Crippen molar-refractivity contribution < 1.29 is 9.52 Å². The average molecular weight is 210 g/mol. The minimum absolute atomic E-state index is 0.485. The van der Waals surface area contributed by atoms with E-state index in [1.54, 1.807) is 13.2 Å². The molecule has 0 bridgehead atoms. The predicted molar refractivity (Wildman–Crippen MR) is 56.5 cm³/mol. The number of aromatic nitrogens is 1. The quantitative estimate of drug-likeness (QED) is 0.792. The molecular weight excluding hydrogens is 192 g/mol. The standard InChI is InChI=1S/C11H18N2O2/c1-8(14)10-7-15-11(13-10)6-9-4-2-3-5-12-9/h7-9,12,14H,2-6H2,1H3. The molecule has 1 aromatic heterocycles. The van der Waals surface area contributed by atoms with Gasteiger partial charge in [0, 0.05) is 12.5 Å². The van der Waals surface area contributed by atoms with Crippen LogP contribution >= 0.6 is 0 Å². The number of hydrogen-bond donors (Lipinski definition) is 2. The normalized spacial score (nSPS) is 24.0. The Kier molecular flexibility index (Phi) is 3.38. The number of rotatable bonds is 3. The lowest BCUT2D eigenvalue weighted by atomic mass is 10.0. The zero-order chi connectivity index (χ0) is 10.7. The van der Waals surface area contributed by atoms with Gasteiger partial charge in [-0.25, -0.2) is 4.98 Å². The third-order valence-electron chi connectivity index (χ3n) is 2.83. The highest BCUT2D eigenvalue weighted by Gasteiger charge is 2.16. The molecule has 1 fully saturated rings. The smallest absolute Gasteiger partial charge is 0.195 e. The van der Waals surface area contributed by atoms with Crippen LogP contribution in [0.1, 0.15) is 43.9 Å². The van der Waals surface area contributed by atoms with Crippen LogP contribution in [0.25, 0.3) is 0 Å². The summed E-state index contributed by atoms with van der Waals surface area (Å²) in [5, 5.41) is 12.7. The minimum atomic E-state index is -0.540. The lowest BCUT2D eigenvalue weighted by Crippen LogP contribution is -2.35. The first-order valence-corrected chi connectivity index (χ1v) is 5.61. The fourth-order valence-electron chi connectivity index (χ4n) is 1.92. The molecule has 1 saturated heterocycles. The van der Waals surface area contributed by atoms with Crippen LogP contribution in [0.4, 0.5) is 0 Å². The SMILES string of the molecule is CC(O)c1coc(CC2CCCCN2)n1. The Balaban J connectivity index is 1.91. The Labute approximate surface area is 89.7 Å². The summed E-state index contributed by atoms with van der Waals surface area (Å²) in [5.41, 5.74) is 0.626. The number of aliphatic hydroxyl groups excluding tert-OH is 1. The summed E-state index contributed by atoms with van der Waals surface area (Å²) in [6.07, 6.45) is 5.56. The largest absolute Gasteiger partial charge is 0.449 e. The van der Waals surface area contributed by atoms with Gasteiger partial charge in [0.15, 0.2) is 5.89 Å². The first-order valence-electron chi connectivity index (χ1n) is 5.61. The highest BCUT2D eigenvalue weighted by Crippen LogP contribution is 2.15. The fourth-order valence-corrected chi connectivity index (χ4v) is 1.92. The summed E-state index contributed by atoms with van der Waals surface area (Å²) in [7, 11) is 0. The van der Waals surface area contributed by atoms with Gasteiger partial charge in [-0.3, -0.25) is 0 Å². The molecule has 2 rings (SSSR count). The highest BCUT2D eigenvalue weighted by molar-refractivity contribution is 5.00. The van der Waals surface area contributed by atoms with Crippen LogP contribution in [0.3, 0.4) is 0 Å². The summed E-state index contributed by atoms with van der Waals surface area (Å²) in [4.78, 5) is 4.25. The Morgan fingerprint density at radius 3 is 3.13 bits per heavy atom. The van der Waals surface area contributed by atoms with Gasteiger partial charge in [0.25, 0.3) is 0 Å². The molecule has 2 atom stereocenters. The predicted octanol–water partition coefficient (Wildman–Crippen LogP) is 1.41. The number of piperidine rings is 1. The Morgan fingerprint density at radius 1 is 1.67 bits per heavy atom. The van der Waals surface area contributed by atoms with Gasteiger partial charge in [0.2, 0.25) is 0 Å². The molecule has 0 aliphatic carbocycles. The monoisotopic (exact) mass is 210 g/mol. The summed E-state index contributed by atoms with van der Waals surface area (Å²) in [5.74, 6) is 0.727. The molecule has 1 aliphatic rings. The van der Waals surface area contributed by atoms with E-state index < -0.39 is 6.10 Å². The number of oxazole rings is 1. The molecule has 1 aromatic rings. The van der Waals surface area contributed by atoms with Crippen LogP contribution in [-0.2, 0) is 6.42 Å². The summed E-state index contributed by atoms with van der Waals surface area (Å²) in [6.45, 7) is 2.79. The second-order valence-electron chi connectivity index (χ2n) is 4.19. The lowest BCUT2D eigenvalue weighted by Gasteiger charge is -2.21. The molecule has 4 nitrogen and oxygen atoms in total. The molecule has 0 spiro atoms. The summed E-state index contributed by atoms with van der Waals surface area (Å²) >= 11 is 0. The van der Waals surface area contributed by atoms with E-state index in [2.05, 4.69) is 10.3 Å². The van der Waals surface area contributed by atoms with Crippen molar-refractivity contribution in [3.05, 3.63) is 17.8 Å². The van der Waals surface area contributed by atoms with Crippen molar-refractivity contribution in [2.24, 2.45) is 0 Å². The zero-order valence-electron chi connectivity index (χ0n) is 9.07. The van der Waals surface area contributed by atoms with Crippen molar-refractivity contribution in [1.82, 2.24) is 10.3 Å². The second-order valence-corrected chi connectivity index (χ2v) is 4.19. The van der Waals surface area contributed by atoms with Crippen molar-refractivity contribution in [1.29, 1.82) is 0 Å². The molecule has 0 amide bonds. The van der Waals surface area contributed by atoms with Crippen molar-refractivity contribution in [3.8, 4) is 0 Å². The van der Waals surface area contributed by atoms with Gasteiger partial charge in [-0.15, -0.1) is 0 Å². The van der Waals surface area contributed by atoms with E-state index in [1.165, 1.54) is 19.3 Å². The van der Waals surface area contributed by atoms with Crippen LogP contribution < -0.4 is 5.32 Å². The Hall–Kier alpha value is -0.870. The van der Waals surface area contributed by atoms with Crippen LogP contribution in [-0.4, -0.2) is 22.7 Å². The molecule has 1 aliphatic heterocycles. The topological polar surface area (TPSA) is 58.3 Å². The average Bonchev–Trinajstić information content (AvgIpc) is 2.68. The van der Waals surface area contributed by atoms with Gasteiger partial charge >= 0.3 is 0 Å². The maximum atomic E-state index is 9.30. The van der Waals surface area contributed by atoms with Crippen LogP contribution in [0.5, 0.6) is 0 Å². The van der Waals surface area contributed by atoms with Crippen molar-refractivity contribution in [2.45, 2.75) is 44.8 Å². The number of nitrogens with one attached hydrogen (secondary N) is 1. The maximum Gasteiger partial charge on any atom is 0.195 e. The van der Waals surface area contributed by atoms with Crippen LogP contribution in [0.2, 0.25) is 0 Å². The molecule has 4 heteroatoms. The lowest BCUT2D eigenvalue weighted by molar-refractivity contribution is 0.194. The Bertz CT molecular complexity index is 303. The van der Waals surface area contributed by atoms with Crippen molar-refractivity contribution >= 4 is 0 Å².